The second kappa shape index (κ2) is 11.5. The van der Waals surface area contributed by atoms with E-state index < -0.39 is 20.3 Å². The molecule has 0 saturated carbocycles. The Kier molecular flexibility index (Phi) is 8.76. The number of unbranched alkanes of at least 4 members (excludes halogenated alkanes) is 1. The molecule has 0 radical (unpaired) electrons. The number of hydrogen-bond acceptors (Lipinski definition) is 7. The number of nitrogens with one attached hydrogen (secondary N) is 2. The third-order valence-corrected chi connectivity index (χ3v) is 7.81. The molecule has 0 atom stereocenters. The van der Waals surface area contributed by atoms with Crippen LogP contribution in [0.5, 0.6) is 5.75 Å². The summed E-state index contributed by atoms with van der Waals surface area (Å²) in [6.07, 6.45) is 3.94. The van der Waals surface area contributed by atoms with E-state index >= 15 is 0 Å². The van der Waals surface area contributed by atoms with Crippen molar-refractivity contribution in [2.75, 3.05) is 18.2 Å². The number of aromatic amines is 1. The fourth-order valence-electron chi connectivity index (χ4n) is 3.05. The highest BCUT2D eigenvalue weighted by Crippen LogP contribution is 2.27. The lowest BCUT2D eigenvalue weighted by atomic mass is 10.1. The minimum absolute atomic E-state index is 0.0259. The SMILES string of the molecule is CCCCc1ccc(S(=O)(=O)c2cnc(SCC(=O)Nc3ccc(OC)c(Cl)c3)[nH]c2=O)cc1. The van der Waals surface area contributed by atoms with Gasteiger partial charge in [0.25, 0.3) is 5.56 Å². The molecule has 3 rings (SSSR count). The summed E-state index contributed by atoms with van der Waals surface area (Å²) in [4.78, 5) is 30.7. The molecular weight excluding hydrogens is 498 g/mol. The quantitative estimate of drug-likeness (QED) is 0.301. The molecule has 1 heterocycles. The highest BCUT2D eigenvalue weighted by atomic mass is 35.5. The average molecular weight is 522 g/mol. The largest absolute Gasteiger partial charge is 0.495 e. The van der Waals surface area contributed by atoms with Crippen LogP contribution in [0.2, 0.25) is 5.02 Å². The first-order valence-corrected chi connectivity index (χ1v) is 13.3. The molecule has 0 fully saturated rings. The van der Waals surface area contributed by atoms with Crippen molar-refractivity contribution in [3.8, 4) is 5.75 Å². The van der Waals surface area contributed by atoms with Gasteiger partial charge >= 0.3 is 0 Å². The van der Waals surface area contributed by atoms with Gasteiger partial charge in [0.15, 0.2) is 10.1 Å². The van der Waals surface area contributed by atoms with Gasteiger partial charge in [-0.25, -0.2) is 13.4 Å². The smallest absolute Gasteiger partial charge is 0.270 e. The number of sulfone groups is 1. The standard InChI is InChI=1S/C23H24ClN3O5S2/c1-3-4-5-15-6-9-17(10-7-15)34(30,31)20-13-25-23(27-22(20)29)33-14-21(28)26-16-8-11-19(32-2)18(24)12-16/h6-13H,3-5,14H2,1-2H3,(H,26,28)(H,25,27,29). The Morgan fingerprint density at radius 2 is 1.94 bits per heavy atom. The second-order valence-corrected chi connectivity index (χ2v) is 10.6. The van der Waals surface area contributed by atoms with Crippen LogP contribution in [0.4, 0.5) is 5.69 Å². The number of ether oxygens (including phenoxy) is 1. The molecule has 0 bridgehead atoms. The number of thioether (sulfide) groups is 1. The van der Waals surface area contributed by atoms with Gasteiger partial charge in [0.2, 0.25) is 15.7 Å². The minimum atomic E-state index is -4.02. The molecule has 0 aliphatic heterocycles. The van der Waals surface area contributed by atoms with Crippen LogP contribution >= 0.6 is 23.4 Å². The number of H-pyrrole nitrogens is 1. The highest BCUT2D eigenvalue weighted by molar-refractivity contribution is 7.99. The van der Waals surface area contributed by atoms with Gasteiger partial charge < -0.3 is 15.0 Å². The maximum absolute atomic E-state index is 12.9. The van der Waals surface area contributed by atoms with Crippen molar-refractivity contribution >= 4 is 44.8 Å². The van der Waals surface area contributed by atoms with Crippen molar-refractivity contribution in [2.45, 2.75) is 41.1 Å². The van der Waals surface area contributed by atoms with Crippen molar-refractivity contribution in [1.29, 1.82) is 0 Å². The number of halogens is 1. The highest BCUT2D eigenvalue weighted by Gasteiger charge is 2.22. The van der Waals surface area contributed by atoms with Crippen molar-refractivity contribution in [3.63, 3.8) is 0 Å². The first-order valence-electron chi connectivity index (χ1n) is 10.4. The molecule has 11 heteroatoms. The molecule has 2 aromatic carbocycles. The molecule has 1 amide bonds. The van der Waals surface area contributed by atoms with E-state index in [4.69, 9.17) is 16.3 Å². The number of benzene rings is 2. The van der Waals surface area contributed by atoms with Crippen molar-refractivity contribution in [2.24, 2.45) is 0 Å². The Hall–Kier alpha value is -2.82. The van der Waals surface area contributed by atoms with Gasteiger partial charge in [-0.1, -0.05) is 48.8 Å². The maximum atomic E-state index is 12.9. The summed E-state index contributed by atoms with van der Waals surface area (Å²) in [5.41, 5.74) is 0.727. The van der Waals surface area contributed by atoms with E-state index in [2.05, 4.69) is 22.2 Å². The van der Waals surface area contributed by atoms with Gasteiger partial charge in [-0.05, 0) is 48.7 Å². The molecule has 1 aromatic heterocycles. The lowest BCUT2D eigenvalue weighted by molar-refractivity contribution is -0.113. The number of carbonyl (C=O) groups excluding carboxylic acids is 1. The summed E-state index contributed by atoms with van der Waals surface area (Å²) in [6.45, 7) is 2.09. The zero-order valence-electron chi connectivity index (χ0n) is 18.6. The summed E-state index contributed by atoms with van der Waals surface area (Å²) in [5, 5.41) is 3.16. The first-order chi connectivity index (χ1) is 16.2. The van der Waals surface area contributed by atoms with E-state index in [1.165, 1.54) is 19.2 Å². The molecule has 180 valence electrons. The molecule has 0 aliphatic carbocycles. The molecule has 0 saturated heterocycles. The van der Waals surface area contributed by atoms with Gasteiger partial charge in [0.05, 0.1) is 29.0 Å². The minimum Gasteiger partial charge on any atom is -0.495 e. The van der Waals surface area contributed by atoms with Crippen LogP contribution in [-0.2, 0) is 21.1 Å². The fourth-order valence-corrected chi connectivity index (χ4v) is 5.17. The summed E-state index contributed by atoms with van der Waals surface area (Å²) < 4.78 is 30.8. The van der Waals surface area contributed by atoms with Crippen LogP contribution in [0, 0.1) is 0 Å². The number of aromatic nitrogens is 2. The average Bonchev–Trinajstić information content (AvgIpc) is 2.81. The molecule has 8 nitrogen and oxygen atoms in total. The van der Waals surface area contributed by atoms with Crippen LogP contribution in [0.1, 0.15) is 25.3 Å². The van der Waals surface area contributed by atoms with Crippen LogP contribution in [0.15, 0.2) is 68.4 Å². The third-order valence-electron chi connectivity index (χ3n) is 4.86. The van der Waals surface area contributed by atoms with E-state index in [-0.39, 0.29) is 21.7 Å². The van der Waals surface area contributed by atoms with Crippen molar-refractivity contribution in [3.05, 3.63) is 69.6 Å². The number of anilines is 1. The predicted molar refractivity (Wildman–Crippen MR) is 133 cm³/mol. The zero-order chi connectivity index (χ0) is 24.7. The first kappa shape index (κ1) is 25.8. The topological polar surface area (TPSA) is 118 Å². The van der Waals surface area contributed by atoms with Crippen molar-refractivity contribution < 1.29 is 17.9 Å². The van der Waals surface area contributed by atoms with Gasteiger partial charge in [-0.15, -0.1) is 0 Å². The number of rotatable bonds is 10. The predicted octanol–water partition coefficient (Wildman–Crippen LogP) is 4.34. The zero-order valence-corrected chi connectivity index (χ0v) is 21.0. The molecule has 0 aliphatic rings. The lowest BCUT2D eigenvalue weighted by Crippen LogP contribution is -2.20. The monoisotopic (exact) mass is 521 g/mol. The van der Waals surface area contributed by atoms with Crippen LogP contribution in [-0.4, -0.2) is 37.2 Å². The maximum Gasteiger partial charge on any atom is 0.270 e. The van der Waals surface area contributed by atoms with Crippen LogP contribution in [0.3, 0.4) is 0 Å². The van der Waals surface area contributed by atoms with Gasteiger partial charge in [-0.3, -0.25) is 9.59 Å². The number of amides is 1. The van der Waals surface area contributed by atoms with Crippen LogP contribution in [0.25, 0.3) is 0 Å². The summed E-state index contributed by atoms with van der Waals surface area (Å²) in [5.74, 6) is 0.0739. The molecule has 0 spiro atoms. The van der Waals surface area contributed by atoms with Gasteiger partial charge in [-0.2, -0.15) is 0 Å². The van der Waals surface area contributed by atoms with Crippen molar-refractivity contribution in [1.82, 2.24) is 9.97 Å². The number of methoxy groups -OCH3 is 1. The summed E-state index contributed by atoms with van der Waals surface area (Å²) in [7, 11) is -2.53. The fraction of sp³-hybridized carbons (Fsp3) is 0.261. The molecule has 2 N–H and O–H groups in total. The summed E-state index contributed by atoms with van der Waals surface area (Å²) >= 11 is 7.01. The van der Waals surface area contributed by atoms with E-state index in [0.717, 1.165) is 42.8 Å². The number of nitrogens with zero attached hydrogens (tertiary/aromatic N) is 1. The Labute approximate surface area is 207 Å². The van der Waals surface area contributed by atoms with Crippen LogP contribution < -0.4 is 15.6 Å². The normalized spacial score (nSPS) is 11.3. The number of hydrogen-bond donors (Lipinski definition) is 2. The third kappa shape index (κ3) is 6.40. The Balaban J connectivity index is 1.65. The van der Waals surface area contributed by atoms with E-state index in [0.29, 0.717) is 16.5 Å². The van der Waals surface area contributed by atoms with Gasteiger partial charge in [0, 0.05) is 5.69 Å². The van der Waals surface area contributed by atoms with E-state index in [1.807, 2.05) is 0 Å². The Morgan fingerprint density at radius 3 is 2.56 bits per heavy atom. The van der Waals surface area contributed by atoms with E-state index in [9.17, 15) is 18.0 Å². The number of aryl methyl sites for hydroxylation is 1. The van der Waals surface area contributed by atoms with E-state index in [1.54, 1.807) is 30.3 Å². The Morgan fingerprint density at radius 1 is 1.21 bits per heavy atom. The molecular formula is C23H24ClN3O5S2. The lowest BCUT2D eigenvalue weighted by Gasteiger charge is -2.08. The summed E-state index contributed by atoms with van der Waals surface area (Å²) in [6, 6.07) is 11.3. The molecule has 0 unspecified atom stereocenters. The Bertz CT molecular complexity index is 1330. The molecule has 3 aromatic rings. The second-order valence-electron chi connectivity index (χ2n) is 7.32. The van der Waals surface area contributed by atoms with Gasteiger partial charge in [0.1, 0.15) is 5.75 Å². The number of carbonyl (C=O) groups is 1. The molecule has 34 heavy (non-hydrogen) atoms.